The van der Waals surface area contributed by atoms with Gasteiger partial charge in [0.25, 0.3) is 5.56 Å². The molecule has 7 heteroatoms. The Balaban J connectivity index is 1.71. The van der Waals surface area contributed by atoms with Crippen LogP contribution in [0.2, 0.25) is 0 Å². The summed E-state index contributed by atoms with van der Waals surface area (Å²) < 4.78 is 7.06. The number of nitrogens with one attached hydrogen (secondary N) is 1. The highest BCUT2D eigenvalue weighted by Gasteiger charge is 2.17. The van der Waals surface area contributed by atoms with Gasteiger partial charge in [0.2, 0.25) is 5.43 Å². The minimum absolute atomic E-state index is 0.121. The van der Waals surface area contributed by atoms with Crippen LogP contribution in [0.5, 0.6) is 5.75 Å². The lowest BCUT2D eigenvalue weighted by molar-refractivity contribution is 0.267. The predicted molar refractivity (Wildman–Crippen MR) is 121 cm³/mol. The highest BCUT2D eigenvalue weighted by Crippen LogP contribution is 2.35. The Bertz CT molecular complexity index is 1300. The number of ether oxygens (including phenoxy) is 1. The van der Waals surface area contributed by atoms with E-state index in [9.17, 15) is 9.59 Å². The van der Waals surface area contributed by atoms with E-state index in [2.05, 4.69) is 9.97 Å². The summed E-state index contributed by atoms with van der Waals surface area (Å²) in [5, 5.41) is 0.616. The summed E-state index contributed by atoms with van der Waals surface area (Å²) in [5.74, 6) is 0.613. The van der Waals surface area contributed by atoms with Gasteiger partial charge in [-0.1, -0.05) is 44.2 Å². The van der Waals surface area contributed by atoms with E-state index in [1.165, 1.54) is 28.3 Å². The zero-order valence-corrected chi connectivity index (χ0v) is 18.0. The van der Waals surface area contributed by atoms with Crippen molar-refractivity contribution in [1.82, 2.24) is 14.5 Å². The molecule has 6 nitrogen and oxygen atoms in total. The molecule has 0 bridgehead atoms. The molecular weight excluding hydrogens is 398 g/mol. The molecule has 0 saturated heterocycles. The normalized spacial score (nSPS) is 11.3. The fraction of sp³-hybridized carbons (Fsp3) is 0.261. The van der Waals surface area contributed by atoms with Crippen molar-refractivity contribution in [3.63, 3.8) is 0 Å². The molecule has 0 atom stereocenters. The van der Waals surface area contributed by atoms with Crippen LogP contribution < -0.4 is 15.7 Å². The predicted octanol–water partition coefficient (Wildman–Crippen LogP) is 4.20. The molecule has 3 heterocycles. The van der Waals surface area contributed by atoms with Crippen LogP contribution in [0.25, 0.3) is 21.3 Å². The Morgan fingerprint density at radius 2 is 1.97 bits per heavy atom. The molecular formula is C23H23N3O3S. The summed E-state index contributed by atoms with van der Waals surface area (Å²) in [5.41, 5.74) is 2.21. The van der Waals surface area contributed by atoms with Gasteiger partial charge in [0.1, 0.15) is 4.83 Å². The SMILES string of the molecule is Cc1sc2ncn(Cc3cc(=O)c(OCC(C)C)c[nH]3)c(=O)c2c1-c1ccccc1. The van der Waals surface area contributed by atoms with Crippen molar-refractivity contribution in [2.45, 2.75) is 27.3 Å². The van der Waals surface area contributed by atoms with Gasteiger partial charge in [-0.2, -0.15) is 0 Å². The number of hydrogen-bond donors (Lipinski definition) is 1. The van der Waals surface area contributed by atoms with Crippen LogP contribution in [0.4, 0.5) is 0 Å². The van der Waals surface area contributed by atoms with Crippen molar-refractivity contribution in [3.05, 3.63) is 80.1 Å². The van der Waals surface area contributed by atoms with E-state index in [4.69, 9.17) is 4.74 Å². The van der Waals surface area contributed by atoms with E-state index >= 15 is 0 Å². The molecule has 0 spiro atoms. The fourth-order valence-corrected chi connectivity index (χ4v) is 4.35. The lowest BCUT2D eigenvalue weighted by Gasteiger charge is -2.10. The molecule has 0 radical (unpaired) electrons. The first-order valence-electron chi connectivity index (χ1n) is 9.82. The maximum atomic E-state index is 13.3. The molecule has 0 aliphatic heterocycles. The number of benzene rings is 1. The van der Waals surface area contributed by atoms with Gasteiger partial charge in [0.05, 0.1) is 24.9 Å². The number of hydrogen-bond acceptors (Lipinski definition) is 5. The van der Waals surface area contributed by atoms with Gasteiger partial charge in [-0.15, -0.1) is 11.3 Å². The van der Waals surface area contributed by atoms with E-state index in [1.807, 2.05) is 51.1 Å². The van der Waals surface area contributed by atoms with Crippen LogP contribution in [0.3, 0.4) is 0 Å². The monoisotopic (exact) mass is 421 g/mol. The smallest absolute Gasteiger partial charge is 0.263 e. The van der Waals surface area contributed by atoms with Crippen molar-refractivity contribution in [3.8, 4) is 16.9 Å². The molecule has 154 valence electrons. The Morgan fingerprint density at radius 1 is 1.20 bits per heavy atom. The molecule has 0 unspecified atom stereocenters. The lowest BCUT2D eigenvalue weighted by atomic mass is 10.0. The minimum atomic E-state index is -0.206. The van der Waals surface area contributed by atoms with E-state index in [0.29, 0.717) is 23.6 Å². The number of H-pyrrole nitrogens is 1. The number of fused-ring (bicyclic) bond motifs is 1. The summed E-state index contributed by atoms with van der Waals surface area (Å²) in [6, 6.07) is 11.3. The second-order valence-electron chi connectivity index (χ2n) is 7.65. The Labute approximate surface area is 177 Å². The maximum Gasteiger partial charge on any atom is 0.263 e. The first-order valence-corrected chi connectivity index (χ1v) is 10.6. The number of nitrogens with zero attached hydrogens (tertiary/aromatic N) is 2. The first-order chi connectivity index (χ1) is 14.4. The second-order valence-corrected chi connectivity index (χ2v) is 8.85. The molecule has 1 aromatic carbocycles. The van der Waals surface area contributed by atoms with Gasteiger partial charge in [-0.25, -0.2) is 4.98 Å². The van der Waals surface area contributed by atoms with Gasteiger partial charge < -0.3 is 9.72 Å². The summed E-state index contributed by atoms with van der Waals surface area (Å²) in [6.45, 7) is 6.75. The molecule has 0 aliphatic rings. The molecule has 0 fully saturated rings. The largest absolute Gasteiger partial charge is 0.488 e. The maximum absolute atomic E-state index is 13.3. The fourth-order valence-electron chi connectivity index (χ4n) is 3.35. The van der Waals surface area contributed by atoms with E-state index in [0.717, 1.165) is 20.8 Å². The average molecular weight is 422 g/mol. The van der Waals surface area contributed by atoms with Crippen molar-refractivity contribution in [1.29, 1.82) is 0 Å². The lowest BCUT2D eigenvalue weighted by Crippen LogP contribution is -2.22. The van der Waals surface area contributed by atoms with Crippen LogP contribution in [0.1, 0.15) is 24.4 Å². The van der Waals surface area contributed by atoms with Crippen LogP contribution in [0, 0.1) is 12.8 Å². The van der Waals surface area contributed by atoms with Crippen molar-refractivity contribution in [2.75, 3.05) is 6.61 Å². The van der Waals surface area contributed by atoms with Crippen molar-refractivity contribution < 1.29 is 4.74 Å². The number of aryl methyl sites for hydroxylation is 1. The van der Waals surface area contributed by atoms with Gasteiger partial charge in [0.15, 0.2) is 5.75 Å². The molecule has 3 aromatic heterocycles. The molecule has 4 aromatic rings. The molecule has 1 N–H and O–H groups in total. The number of thiophene rings is 1. The summed E-state index contributed by atoms with van der Waals surface area (Å²) in [4.78, 5) is 35.0. The third-order valence-electron chi connectivity index (χ3n) is 4.77. The first kappa shape index (κ1) is 20.1. The van der Waals surface area contributed by atoms with Gasteiger partial charge >= 0.3 is 0 Å². The van der Waals surface area contributed by atoms with Crippen LogP contribution in [-0.4, -0.2) is 21.1 Å². The van der Waals surface area contributed by atoms with E-state index < -0.39 is 0 Å². The molecule has 30 heavy (non-hydrogen) atoms. The summed E-state index contributed by atoms with van der Waals surface area (Å²) in [7, 11) is 0. The number of pyridine rings is 1. The standard InChI is InChI=1S/C23H23N3O3S/c1-14(2)12-29-19-10-24-17(9-18(19)27)11-26-13-25-22-21(23(26)28)20(15(3)30-22)16-7-5-4-6-8-16/h4-10,13-14H,11-12H2,1-3H3,(H,24,27). The second kappa shape index (κ2) is 8.28. The quantitative estimate of drug-likeness (QED) is 0.506. The van der Waals surface area contributed by atoms with Crippen LogP contribution >= 0.6 is 11.3 Å². The zero-order chi connectivity index (χ0) is 21.3. The minimum Gasteiger partial charge on any atom is -0.488 e. The van der Waals surface area contributed by atoms with Gasteiger partial charge in [-0.05, 0) is 18.4 Å². The summed E-state index contributed by atoms with van der Waals surface area (Å²) in [6.07, 6.45) is 3.10. The topological polar surface area (TPSA) is 77.0 Å². The third kappa shape index (κ3) is 3.93. The van der Waals surface area contributed by atoms with Gasteiger partial charge in [-0.3, -0.25) is 14.2 Å². The Hall–Kier alpha value is -3.19. The van der Waals surface area contributed by atoms with Crippen LogP contribution in [-0.2, 0) is 6.54 Å². The number of rotatable bonds is 6. The van der Waals surface area contributed by atoms with E-state index in [-0.39, 0.29) is 23.3 Å². The zero-order valence-electron chi connectivity index (χ0n) is 17.1. The number of aromatic nitrogens is 3. The Kier molecular flexibility index (Phi) is 5.55. The van der Waals surface area contributed by atoms with Crippen LogP contribution in [0.15, 0.2) is 58.5 Å². The highest BCUT2D eigenvalue weighted by atomic mass is 32.1. The third-order valence-corrected chi connectivity index (χ3v) is 5.78. The number of aromatic amines is 1. The average Bonchev–Trinajstić information content (AvgIpc) is 3.07. The Morgan fingerprint density at radius 3 is 2.67 bits per heavy atom. The van der Waals surface area contributed by atoms with E-state index in [1.54, 1.807) is 6.20 Å². The van der Waals surface area contributed by atoms with Crippen molar-refractivity contribution >= 4 is 21.6 Å². The highest BCUT2D eigenvalue weighted by molar-refractivity contribution is 7.19. The van der Waals surface area contributed by atoms with Gasteiger partial charge in [0, 0.05) is 28.4 Å². The molecule has 0 saturated carbocycles. The molecule has 0 aliphatic carbocycles. The van der Waals surface area contributed by atoms with Crippen molar-refractivity contribution in [2.24, 2.45) is 5.92 Å². The molecule has 0 amide bonds. The molecule has 4 rings (SSSR count). The summed E-state index contributed by atoms with van der Waals surface area (Å²) >= 11 is 1.52.